The maximum absolute atomic E-state index is 2.72. The first-order chi connectivity index (χ1) is 9.66. The van der Waals surface area contributed by atoms with Gasteiger partial charge in [-0.15, -0.1) is 0 Å². The molecule has 0 aromatic carbocycles. The van der Waals surface area contributed by atoms with Crippen LogP contribution in [-0.2, 0) is 0 Å². The van der Waals surface area contributed by atoms with Crippen molar-refractivity contribution < 1.29 is 0 Å². The second kappa shape index (κ2) is 8.38. The third kappa shape index (κ3) is 5.04. The molecule has 0 bridgehead atoms. The first-order valence-electron chi connectivity index (χ1n) is 9.15. The van der Waals surface area contributed by atoms with Crippen LogP contribution in [0.25, 0.3) is 0 Å². The molecule has 1 saturated heterocycles. The molecule has 0 radical (unpaired) electrons. The van der Waals surface area contributed by atoms with Crippen molar-refractivity contribution >= 4 is 0 Å². The minimum atomic E-state index is 0.721. The molecule has 2 aliphatic rings. The Hall–Kier alpha value is -0.0800. The van der Waals surface area contributed by atoms with Crippen LogP contribution in [0.4, 0.5) is 0 Å². The zero-order valence-corrected chi connectivity index (χ0v) is 14.1. The summed E-state index contributed by atoms with van der Waals surface area (Å²) in [7, 11) is 0. The highest BCUT2D eigenvalue weighted by molar-refractivity contribution is 4.78. The normalized spacial score (nSPS) is 25.2. The van der Waals surface area contributed by atoms with Crippen LogP contribution < -0.4 is 0 Å². The average Bonchev–Trinajstić information content (AvgIpc) is 2.48. The highest BCUT2D eigenvalue weighted by atomic mass is 15.3. The van der Waals surface area contributed by atoms with Gasteiger partial charge in [0.15, 0.2) is 0 Å². The van der Waals surface area contributed by atoms with Gasteiger partial charge in [0.1, 0.15) is 0 Å². The maximum atomic E-state index is 2.72. The van der Waals surface area contributed by atoms with Crippen molar-refractivity contribution in [2.75, 3.05) is 26.2 Å². The monoisotopic (exact) mass is 280 g/mol. The molecule has 1 saturated carbocycles. The van der Waals surface area contributed by atoms with Crippen LogP contribution in [0.5, 0.6) is 0 Å². The largest absolute Gasteiger partial charge is 0.298 e. The quantitative estimate of drug-likeness (QED) is 0.721. The van der Waals surface area contributed by atoms with E-state index in [9.17, 15) is 0 Å². The molecule has 1 atom stereocenters. The molecule has 1 unspecified atom stereocenters. The van der Waals surface area contributed by atoms with Gasteiger partial charge in [-0.1, -0.05) is 44.9 Å². The lowest BCUT2D eigenvalue weighted by atomic mass is 9.85. The van der Waals surface area contributed by atoms with Crippen LogP contribution in [0.2, 0.25) is 0 Å². The third-order valence-electron chi connectivity index (χ3n) is 5.66. The van der Waals surface area contributed by atoms with E-state index in [1.807, 2.05) is 0 Å². The highest BCUT2D eigenvalue weighted by Gasteiger charge is 2.22. The van der Waals surface area contributed by atoms with Gasteiger partial charge in [0.25, 0.3) is 0 Å². The Morgan fingerprint density at radius 2 is 1.45 bits per heavy atom. The van der Waals surface area contributed by atoms with Gasteiger partial charge in [-0.25, -0.2) is 0 Å². The SMILES string of the molecule is CC(C)N1CCN(C(C)CCCC2CCCCC2)CC1. The predicted molar refractivity (Wildman–Crippen MR) is 88.2 cm³/mol. The second-order valence-electron chi connectivity index (χ2n) is 7.45. The summed E-state index contributed by atoms with van der Waals surface area (Å²) < 4.78 is 0. The molecule has 1 aliphatic heterocycles. The summed E-state index contributed by atoms with van der Waals surface area (Å²) in [4.78, 5) is 5.34. The fourth-order valence-corrected chi connectivity index (χ4v) is 4.05. The summed E-state index contributed by atoms with van der Waals surface area (Å²) in [5.74, 6) is 1.06. The number of hydrogen-bond acceptors (Lipinski definition) is 2. The van der Waals surface area contributed by atoms with Gasteiger partial charge in [-0.3, -0.25) is 9.80 Å². The summed E-state index contributed by atoms with van der Waals surface area (Å²) in [6.45, 7) is 12.2. The fourth-order valence-electron chi connectivity index (χ4n) is 4.05. The van der Waals surface area contributed by atoms with Gasteiger partial charge in [0.05, 0.1) is 0 Å². The average molecular weight is 280 g/mol. The van der Waals surface area contributed by atoms with Gasteiger partial charge < -0.3 is 0 Å². The van der Waals surface area contributed by atoms with E-state index in [1.54, 1.807) is 0 Å². The minimum absolute atomic E-state index is 0.721. The van der Waals surface area contributed by atoms with Gasteiger partial charge >= 0.3 is 0 Å². The Morgan fingerprint density at radius 1 is 0.850 bits per heavy atom. The number of rotatable bonds is 6. The summed E-state index contributed by atoms with van der Waals surface area (Å²) in [6, 6.07) is 1.52. The van der Waals surface area contributed by atoms with E-state index in [0.717, 1.165) is 18.0 Å². The molecular weight excluding hydrogens is 244 g/mol. The Balaban J connectivity index is 1.59. The van der Waals surface area contributed by atoms with E-state index < -0.39 is 0 Å². The number of piperazine rings is 1. The van der Waals surface area contributed by atoms with Crippen molar-refractivity contribution in [3.05, 3.63) is 0 Å². The fraction of sp³-hybridized carbons (Fsp3) is 1.00. The van der Waals surface area contributed by atoms with Gasteiger partial charge in [0, 0.05) is 38.3 Å². The van der Waals surface area contributed by atoms with E-state index in [-0.39, 0.29) is 0 Å². The molecule has 0 amide bonds. The van der Waals surface area contributed by atoms with Gasteiger partial charge in [-0.05, 0) is 33.1 Å². The second-order valence-corrected chi connectivity index (χ2v) is 7.45. The first kappa shape index (κ1) is 16.3. The summed E-state index contributed by atoms with van der Waals surface area (Å²) in [5, 5.41) is 0. The van der Waals surface area contributed by atoms with Crippen LogP contribution in [0, 0.1) is 5.92 Å². The lowest BCUT2D eigenvalue weighted by molar-refractivity contribution is 0.0792. The molecule has 2 fully saturated rings. The van der Waals surface area contributed by atoms with Crippen molar-refractivity contribution in [2.45, 2.75) is 84.2 Å². The van der Waals surface area contributed by atoms with Crippen molar-refractivity contribution in [2.24, 2.45) is 5.92 Å². The molecule has 0 spiro atoms. The van der Waals surface area contributed by atoms with Crippen molar-refractivity contribution in [3.8, 4) is 0 Å². The standard InChI is InChI=1S/C18H36N2/c1-16(2)19-12-14-20(15-13-19)17(3)8-7-11-18-9-5-4-6-10-18/h16-18H,4-15H2,1-3H3. The zero-order chi connectivity index (χ0) is 14.4. The highest BCUT2D eigenvalue weighted by Crippen LogP contribution is 2.28. The minimum Gasteiger partial charge on any atom is -0.298 e. The Bertz CT molecular complexity index is 250. The topological polar surface area (TPSA) is 6.48 Å². The number of hydrogen-bond donors (Lipinski definition) is 0. The van der Waals surface area contributed by atoms with E-state index in [4.69, 9.17) is 0 Å². The zero-order valence-electron chi connectivity index (χ0n) is 14.1. The molecule has 0 aromatic heterocycles. The Labute approximate surface area is 126 Å². The van der Waals surface area contributed by atoms with E-state index >= 15 is 0 Å². The summed E-state index contributed by atoms with van der Waals surface area (Å²) in [5.41, 5.74) is 0. The molecule has 2 heteroatoms. The lowest BCUT2D eigenvalue weighted by Crippen LogP contribution is -2.51. The molecule has 2 nitrogen and oxygen atoms in total. The van der Waals surface area contributed by atoms with E-state index in [2.05, 4.69) is 30.6 Å². The molecule has 118 valence electrons. The molecule has 1 aliphatic carbocycles. The molecule has 20 heavy (non-hydrogen) atoms. The Morgan fingerprint density at radius 3 is 2.05 bits per heavy atom. The summed E-state index contributed by atoms with van der Waals surface area (Å²) >= 11 is 0. The van der Waals surface area contributed by atoms with Crippen molar-refractivity contribution in [1.29, 1.82) is 0 Å². The lowest BCUT2D eigenvalue weighted by Gasteiger charge is -2.40. The third-order valence-corrected chi connectivity index (χ3v) is 5.66. The van der Waals surface area contributed by atoms with E-state index in [1.165, 1.54) is 77.5 Å². The Kier molecular flexibility index (Phi) is 6.83. The first-order valence-corrected chi connectivity index (χ1v) is 9.15. The van der Waals surface area contributed by atoms with Crippen molar-refractivity contribution in [1.82, 2.24) is 9.80 Å². The van der Waals surface area contributed by atoms with Gasteiger partial charge in [0.2, 0.25) is 0 Å². The molecule has 2 rings (SSSR count). The van der Waals surface area contributed by atoms with Crippen molar-refractivity contribution in [3.63, 3.8) is 0 Å². The van der Waals surface area contributed by atoms with E-state index in [0.29, 0.717) is 0 Å². The van der Waals surface area contributed by atoms with Crippen LogP contribution >= 0.6 is 0 Å². The molecule has 1 heterocycles. The van der Waals surface area contributed by atoms with Crippen LogP contribution in [0.15, 0.2) is 0 Å². The predicted octanol–water partition coefficient (Wildman–Crippen LogP) is 4.15. The number of nitrogens with zero attached hydrogens (tertiary/aromatic N) is 2. The smallest absolute Gasteiger partial charge is 0.0113 e. The molecular formula is C18H36N2. The van der Waals surface area contributed by atoms with Crippen LogP contribution in [0.1, 0.15) is 72.1 Å². The van der Waals surface area contributed by atoms with Crippen LogP contribution in [-0.4, -0.2) is 48.1 Å². The summed E-state index contributed by atoms with van der Waals surface area (Å²) in [6.07, 6.45) is 11.9. The maximum Gasteiger partial charge on any atom is 0.0113 e. The molecule has 0 N–H and O–H groups in total. The molecule has 0 aromatic rings. The van der Waals surface area contributed by atoms with Crippen LogP contribution in [0.3, 0.4) is 0 Å². The van der Waals surface area contributed by atoms with Gasteiger partial charge in [-0.2, -0.15) is 0 Å².